The third-order valence-corrected chi connectivity index (χ3v) is 4.84. The predicted molar refractivity (Wildman–Crippen MR) is 105 cm³/mol. The molecule has 0 unspecified atom stereocenters. The minimum Gasteiger partial charge on any atom is -0.438 e. The van der Waals surface area contributed by atoms with E-state index in [0.717, 1.165) is 26.8 Å². The van der Waals surface area contributed by atoms with Crippen molar-refractivity contribution < 1.29 is 4.42 Å². The topological polar surface area (TPSA) is 38.1 Å². The fraction of sp³-hybridized carbons (Fsp3) is 0.0952. The smallest absolute Gasteiger partial charge is 0.225 e. The summed E-state index contributed by atoms with van der Waals surface area (Å²) in [5, 5.41) is 3.60. The van der Waals surface area contributed by atoms with Crippen LogP contribution in [0.5, 0.6) is 0 Å². The van der Waals surface area contributed by atoms with E-state index in [1.54, 1.807) is 0 Å². The number of rotatable bonds is 4. The first-order chi connectivity index (χ1) is 12.1. The van der Waals surface area contributed by atoms with Crippen LogP contribution in [-0.2, 0) is 5.54 Å². The number of para-hydroxylation sites is 2. The lowest BCUT2D eigenvalue weighted by molar-refractivity contribution is 0.442. The molecule has 4 heteroatoms. The van der Waals surface area contributed by atoms with Crippen LogP contribution in [0.3, 0.4) is 0 Å². The molecule has 4 rings (SSSR count). The van der Waals surface area contributed by atoms with Crippen molar-refractivity contribution in [3.8, 4) is 0 Å². The average molecular weight is 393 g/mol. The summed E-state index contributed by atoms with van der Waals surface area (Å²) in [6, 6.07) is 26.2. The molecule has 0 radical (unpaired) electrons. The average Bonchev–Trinajstić information content (AvgIpc) is 3.09. The third kappa shape index (κ3) is 3.05. The molecule has 3 nitrogen and oxygen atoms in total. The van der Waals surface area contributed by atoms with Gasteiger partial charge in [0.1, 0.15) is 11.1 Å². The summed E-state index contributed by atoms with van der Waals surface area (Å²) in [5.41, 5.74) is 3.14. The molecule has 1 atom stereocenters. The van der Waals surface area contributed by atoms with Gasteiger partial charge in [-0.2, -0.15) is 0 Å². The summed E-state index contributed by atoms with van der Waals surface area (Å²) in [7, 11) is 0. The lowest BCUT2D eigenvalue weighted by Gasteiger charge is -2.29. The number of aromatic nitrogens is 1. The Kier molecular flexibility index (Phi) is 4.06. The van der Waals surface area contributed by atoms with E-state index >= 15 is 0 Å². The van der Waals surface area contributed by atoms with E-state index in [-0.39, 0.29) is 0 Å². The van der Waals surface area contributed by atoms with Crippen LogP contribution in [0.2, 0.25) is 0 Å². The highest BCUT2D eigenvalue weighted by molar-refractivity contribution is 9.10. The van der Waals surface area contributed by atoms with Gasteiger partial charge in [-0.05, 0) is 48.9 Å². The maximum absolute atomic E-state index is 6.10. The van der Waals surface area contributed by atoms with Crippen LogP contribution in [0.25, 0.3) is 11.1 Å². The maximum atomic E-state index is 6.10. The molecule has 4 aromatic rings. The Hall–Kier alpha value is -2.59. The summed E-state index contributed by atoms with van der Waals surface area (Å²) in [4.78, 5) is 4.74. The maximum Gasteiger partial charge on any atom is 0.225 e. The number of hydrogen-bond acceptors (Lipinski definition) is 3. The van der Waals surface area contributed by atoms with Gasteiger partial charge in [-0.15, -0.1) is 0 Å². The molecule has 0 saturated heterocycles. The number of nitrogens with one attached hydrogen (secondary N) is 1. The molecule has 124 valence electrons. The molecule has 0 bridgehead atoms. The molecule has 0 aliphatic carbocycles. The Morgan fingerprint density at radius 1 is 0.880 bits per heavy atom. The van der Waals surface area contributed by atoms with Crippen LogP contribution in [0.1, 0.15) is 18.4 Å². The van der Waals surface area contributed by atoms with Gasteiger partial charge in [-0.1, -0.05) is 58.4 Å². The first-order valence-electron chi connectivity index (χ1n) is 8.10. The van der Waals surface area contributed by atoms with E-state index in [9.17, 15) is 0 Å². The summed E-state index contributed by atoms with van der Waals surface area (Å²) in [5.74, 6) is 0.641. The Balaban J connectivity index is 1.84. The van der Waals surface area contributed by atoms with Crippen molar-refractivity contribution in [3.05, 3.63) is 94.8 Å². The Bertz CT molecular complexity index is 962. The van der Waals surface area contributed by atoms with Gasteiger partial charge in [0.05, 0.1) is 0 Å². The van der Waals surface area contributed by atoms with Crippen molar-refractivity contribution in [2.45, 2.75) is 12.5 Å². The highest BCUT2D eigenvalue weighted by Gasteiger charge is 2.34. The van der Waals surface area contributed by atoms with Gasteiger partial charge in [-0.3, -0.25) is 0 Å². The van der Waals surface area contributed by atoms with Crippen molar-refractivity contribution in [1.82, 2.24) is 4.98 Å². The first-order valence-corrected chi connectivity index (χ1v) is 8.90. The molecule has 0 spiro atoms. The molecule has 0 aliphatic heterocycles. The largest absolute Gasteiger partial charge is 0.438 e. The minimum atomic E-state index is -0.589. The second kappa shape index (κ2) is 6.37. The highest BCUT2D eigenvalue weighted by Crippen LogP contribution is 2.34. The van der Waals surface area contributed by atoms with Gasteiger partial charge in [0.2, 0.25) is 5.89 Å². The lowest BCUT2D eigenvalue weighted by atomic mass is 9.91. The zero-order chi connectivity index (χ0) is 17.3. The van der Waals surface area contributed by atoms with Crippen molar-refractivity contribution >= 4 is 32.7 Å². The van der Waals surface area contributed by atoms with Crippen molar-refractivity contribution in [1.29, 1.82) is 0 Å². The molecular weight excluding hydrogens is 376 g/mol. The number of anilines is 1. The highest BCUT2D eigenvalue weighted by atomic mass is 79.9. The Morgan fingerprint density at radius 3 is 2.28 bits per heavy atom. The molecule has 1 N–H and O–H groups in total. The number of nitrogens with zero attached hydrogens (tertiary/aromatic N) is 1. The number of halogens is 1. The molecule has 1 heterocycles. The summed E-state index contributed by atoms with van der Waals surface area (Å²) >= 11 is 3.48. The van der Waals surface area contributed by atoms with Crippen LogP contribution in [-0.4, -0.2) is 4.98 Å². The van der Waals surface area contributed by atoms with Crippen LogP contribution < -0.4 is 5.32 Å². The lowest BCUT2D eigenvalue weighted by Crippen LogP contribution is -2.33. The molecular formula is C21H17BrN2O. The second-order valence-corrected chi connectivity index (χ2v) is 7.03. The normalized spacial score (nSPS) is 13.5. The predicted octanol–water partition coefficient (Wildman–Crippen LogP) is 5.97. The van der Waals surface area contributed by atoms with Crippen molar-refractivity contribution in [2.75, 3.05) is 5.32 Å². The van der Waals surface area contributed by atoms with Crippen LogP contribution in [0.15, 0.2) is 87.8 Å². The van der Waals surface area contributed by atoms with Gasteiger partial charge in [0.15, 0.2) is 5.58 Å². The number of hydrogen-bond donors (Lipinski definition) is 1. The first kappa shape index (κ1) is 15.9. The van der Waals surface area contributed by atoms with Gasteiger partial charge in [0, 0.05) is 10.2 Å². The van der Waals surface area contributed by atoms with Gasteiger partial charge < -0.3 is 9.73 Å². The number of benzene rings is 3. The molecule has 1 aromatic heterocycles. The number of oxazole rings is 1. The standard InChI is InChI=1S/C21H17BrN2O/c1-21(15-7-3-2-4-8-15,24-17-13-11-16(22)12-14-17)20-23-18-9-5-6-10-19(18)25-20/h2-14,24H,1H3/t21-/m1/s1. The van der Waals surface area contributed by atoms with E-state index in [1.807, 2.05) is 66.7 Å². The SMILES string of the molecule is C[C@@](Nc1ccc(Br)cc1)(c1ccccc1)c1nc2ccccc2o1. The molecule has 3 aromatic carbocycles. The van der Waals surface area contributed by atoms with E-state index < -0.39 is 5.54 Å². The van der Waals surface area contributed by atoms with Gasteiger partial charge in [-0.25, -0.2) is 4.98 Å². The van der Waals surface area contributed by atoms with E-state index in [0.29, 0.717) is 5.89 Å². The zero-order valence-electron chi connectivity index (χ0n) is 13.7. The monoisotopic (exact) mass is 392 g/mol. The molecule has 0 amide bonds. The minimum absolute atomic E-state index is 0.589. The molecule has 0 aliphatic rings. The molecule has 0 fully saturated rings. The fourth-order valence-electron chi connectivity index (χ4n) is 2.93. The zero-order valence-corrected chi connectivity index (χ0v) is 15.3. The van der Waals surface area contributed by atoms with Crippen LogP contribution in [0, 0.1) is 0 Å². The summed E-state index contributed by atoms with van der Waals surface area (Å²) < 4.78 is 7.14. The van der Waals surface area contributed by atoms with E-state index in [4.69, 9.17) is 9.40 Å². The van der Waals surface area contributed by atoms with E-state index in [1.165, 1.54) is 0 Å². The summed E-state index contributed by atoms with van der Waals surface area (Å²) in [6.45, 7) is 2.09. The van der Waals surface area contributed by atoms with Gasteiger partial charge >= 0.3 is 0 Å². The summed E-state index contributed by atoms with van der Waals surface area (Å²) in [6.07, 6.45) is 0. The Labute approximate surface area is 154 Å². The second-order valence-electron chi connectivity index (χ2n) is 6.11. The molecule has 0 saturated carbocycles. The fourth-order valence-corrected chi connectivity index (χ4v) is 3.19. The van der Waals surface area contributed by atoms with Crippen LogP contribution >= 0.6 is 15.9 Å². The van der Waals surface area contributed by atoms with Gasteiger partial charge in [0.25, 0.3) is 0 Å². The third-order valence-electron chi connectivity index (χ3n) is 4.31. The molecule has 25 heavy (non-hydrogen) atoms. The Morgan fingerprint density at radius 2 is 1.56 bits per heavy atom. The number of fused-ring (bicyclic) bond motifs is 1. The van der Waals surface area contributed by atoms with Crippen molar-refractivity contribution in [3.63, 3.8) is 0 Å². The van der Waals surface area contributed by atoms with Crippen LogP contribution in [0.4, 0.5) is 5.69 Å². The van der Waals surface area contributed by atoms with E-state index in [2.05, 4.69) is 40.3 Å². The quantitative estimate of drug-likeness (QED) is 0.465. The van der Waals surface area contributed by atoms with Crippen molar-refractivity contribution in [2.24, 2.45) is 0 Å².